The number of nitrogens with zero attached hydrogens (tertiary/aromatic N) is 2. The molecule has 0 aliphatic heterocycles. The van der Waals surface area contributed by atoms with Crippen LogP contribution in [0.15, 0.2) is 22.5 Å². The van der Waals surface area contributed by atoms with Crippen molar-refractivity contribution in [3.05, 3.63) is 22.4 Å². The normalized spacial score (nSPS) is 11.9. The van der Waals surface area contributed by atoms with E-state index in [4.69, 9.17) is 0 Å². The van der Waals surface area contributed by atoms with E-state index in [1.54, 1.807) is 0 Å². The first-order valence-corrected chi connectivity index (χ1v) is 8.95. The predicted molar refractivity (Wildman–Crippen MR) is 94.4 cm³/mol. The fraction of sp³-hybridized carbons (Fsp3) is 0.688. The zero-order valence-electron chi connectivity index (χ0n) is 13.7. The molecule has 1 aromatic heterocycles. The quantitative estimate of drug-likeness (QED) is 0.396. The van der Waals surface area contributed by atoms with E-state index in [0.29, 0.717) is 0 Å². The summed E-state index contributed by atoms with van der Waals surface area (Å²) in [5.74, 6) is 0.939. The number of hydrogen-bond acceptors (Lipinski definition) is 3. The van der Waals surface area contributed by atoms with Gasteiger partial charge < -0.3 is 15.5 Å². The standard InChI is InChI=1S/C16H30N4S/c1-4-17-16(18-11-8-13-20(5-2)6-3)19-12-10-15-9-7-14-21-15/h7,9,14H,4-6,8,10-13H2,1-3H3,(H2,17,18,19). The lowest BCUT2D eigenvalue weighted by atomic mass is 10.3. The summed E-state index contributed by atoms with van der Waals surface area (Å²) in [6, 6.07) is 4.28. The highest BCUT2D eigenvalue weighted by molar-refractivity contribution is 7.09. The van der Waals surface area contributed by atoms with Gasteiger partial charge in [0.15, 0.2) is 5.96 Å². The molecule has 0 spiro atoms. The second kappa shape index (κ2) is 11.6. The van der Waals surface area contributed by atoms with E-state index < -0.39 is 0 Å². The summed E-state index contributed by atoms with van der Waals surface area (Å²) in [6.45, 7) is 12.6. The van der Waals surface area contributed by atoms with Crippen LogP contribution >= 0.6 is 11.3 Å². The van der Waals surface area contributed by atoms with E-state index in [1.807, 2.05) is 11.3 Å². The zero-order chi connectivity index (χ0) is 15.3. The van der Waals surface area contributed by atoms with Gasteiger partial charge in [-0.05, 0) is 50.8 Å². The van der Waals surface area contributed by atoms with Gasteiger partial charge in [-0.3, -0.25) is 4.99 Å². The lowest BCUT2D eigenvalue weighted by Crippen LogP contribution is -2.38. The van der Waals surface area contributed by atoms with E-state index in [2.05, 4.69) is 58.8 Å². The molecule has 120 valence electrons. The molecule has 1 heterocycles. The third kappa shape index (κ3) is 8.07. The van der Waals surface area contributed by atoms with Gasteiger partial charge in [-0.1, -0.05) is 19.9 Å². The number of hydrogen-bond donors (Lipinski definition) is 2. The molecule has 0 saturated carbocycles. The minimum absolute atomic E-state index is 0.880. The topological polar surface area (TPSA) is 39.7 Å². The van der Waals surface area contributed by atoms with Crippen LogP contribution in [0.1, 0.15) is 32.1 Å². The molecule has 0 fully saturated rings. The van der Waals surface area contributed by atoms with Gasteiger partial charge in [0.05, 0.1) is 0 Å². The average Bonchev–Trinajstić information content (AvgIpc) is 3.00. The Hall–Kier alpha value is -1.07. The zero-order valence-corrected chi connectivity index (χ0v) is 14.5. The first-order valence-electron chi connectivity index (χ1n) is 8.07. The maximum absolute atomic E-state index is 4.64. The summed E-state index contributed by atoms with van der Waals surface area (Å²) in [4.78, 5) is 8.50. The molecule has 0 radical (unpaired) electrons. The van der Waals surface area contributed by atoms with Gasteiger partial charge in [-0.15, -0.1) is 11.3 Å². The van der Waals surface area contributed by atoms with Gasteiger partial charge in [0, 0.05) is 24.5 Å². The van der Waals surface area contributed by atoms with Gasteiger partial charge in [0.25, 0.3) is 0 Å². The Morgan fingerprint density at radius 3 is 2.67 bits per heavy atom. The predicted octanol–water partition coefficient (Wildman–Crippen LogP) is 2.58. The Balaban J connectivity index is 2.25. The van der Waals surface area contributed by atoms with Crippen LogP contribution in [0.2, 0.25) is 0 Å². The van der Waals surface area contributed by atoms with Crippen LogP contribution < -0.4 is 10.6 Å². The molecular weight excluding hydrogens is 280 g/mol. The average molecular weight is 311 g/mol. The van der Waals surface area contributed by atoms with Gasteiger partial charge in [-0.25, -0.2) is 0 Å². The minimum atomic E-state index is 0.880. The minimum Gasteiger partial charge on any atom is -0.357 e. The van der Waals surface area contributed by atoms with Gasteiger partial charge in [-0.2, -0.15) is 0 Å². The van der Waals surface area contributed by atoms with Crippen molar-refractivity contribution in [1.29, 1.82) is 0 Å². The van der Waals surface area contributed by atoms with Crippen LogP contribution in [-0.2, 0) is 6.42 Å². The van der Waals surface area contributed by atoms with E-state index in [0.717, 1.165) is 58.1 Å². The smallest absolute Gasteiger partial charge is 0.191 e. The van der Waals surface area contributed by atoms with Crippen LogP contribution in [0.25, 0.3) is 0 Å². The summed E-state index contributed by atoms with van der Waals surface area (Å²) in [6.07, 6.45) is 2.17. The summed E-state index contributed by atoms with van der Waals surface area (Å²) in [7, 11) is 0. The second-order valence-corrected chi connectivity index (χ2v) is 5.93. The van der Waals surface area contributed by atoms with Gasteiger partial charge in [0.1, 0.15) is 0 Å². The molecule has 0 aromatic carbocycles. The first kappa shape index (κ1) is 18.0. The molecular formula is C16H30N4S. The number of aliphatic imine (C=N–C) groups is 1. The van der Waals surface area contributed by atoms with E-state index >= 15 is 0 Å². The fourth-order valence-electron chi connectivity index (χ4n) is 2.13. The van der Waals surface area contributed by atoms with Crippen LogP contribution in [-0.4, -0.2) is 50.1 Å². The molecule has 1 rings (SSSR count). The Morgan fingerprint density at radius 1 is 1.24 bits per heavy atom. The number of thiophene rings is 1. The van der Waals surface area contributed by atoms with E-state index in [1.165, 1.54) is 4.88 Å². The Labute approximate surface area is 133 Å². The van der Waals surface area contributed by atoms with Gasteiger partial charge >= 0.3 is 0 Å². The summed E-state index contributed by atoms with van der Waals surface area (Å²) in [5, 5.41) is 8.84. The Kier molecular flexibility index (Phi) is 9.91. The number of guanidine groups is 1. The van der Waals surface area contributed by atoms with Crippen LogP contribution in [0.4, 0.5) is 0 Å². The highest BCUT2D eigenvalue weighted by Crippen LogP contribution is 2.07. The Bertz CT molecular complexity index is 372. The maximum Gasteiger partial charge on any atom is 0.191 e. The first-order chi connectivity index (χ1) is 10.3. The van der Waals surface area contributed by atoms with Gasteiger partial charge in [0.2, 0.25) is 0 Å². The van der Waals surface area contributed by atoms with Crippen LogP contribution in [0.3, 0.4) is 0 Å². The third-order valence-corrected chi connectivity index (χ3v) is 4.32. The fourth-order valence-corrected chi connectivity index (χ4v) is 2.83. The third-order valence-electron chi connectivity index (χ3n) is 3.38. The Morgan fingerprint density at radius 2 is 2.05 bits per heavy atom. The van der Waals surface area contributed by atoms with Crippen molar-refractivity contribution in [1.82, 2.24) is 15.5 Å². The largest absolute Gasteiger partial charge is 0.357 e. The molecule has 0 unspecified atom stereocenters. The molecule has 2 N–H and O–H groups in total. The lowest BCUT2D eigenvalue weighted by Gasteiger charge is -2.17. The molecule has 5 heteroatoms. The lowest BCUT2D eigenvalue weighted by molar-refractivity contribution is 0.302. The molecule has 21 heavy (non-hydrogen) atoms. The molecule has 1 aromatic rings. The van der Waals surface area contributed by atoms with Crippen molar-refractivity contribution in [2.24, 2.45) is 4.99 Å². The van der Waals surface area contributed by atoms with Crippen LogP contribution in [0.5, 0.6) is 0 Å². The van der Waals surface area contributed by atoms with E-state index in [-0.39, 0.29) is 0 Å². The molecule has 0 amide bonds. The molecule has 0 saturated heterocycles. The van der Waals surface area contributed by atoms with Crippen molar-refractivity contribution in [3.63, 3.8) is 0 Å². The molecule has 0 aliphatic carbocycles. The highest BCUT2D eigenvalue weighted by Gasteiger charge is 2.00. The SMILES string of the molecule is CCNC(=NCCCN(CC)CC)NCCc1cccs1. The molecule has 0 atom stereocenters. The van der Waals surface area contributed by atoms with E-state index in [9.17, 15) is 0 Å². The summed E-state index contributed by atoms with van der Waals surface area (Å²) >= 11 is 1.81. The molecule has 0 aliphatic rings. The monoisotopic (exact) mass is 310 g/mol. The molecule has 4 nitrogen and oxygen atoms in total. The van der Waals surface area contributed by atoms with Crippen molar-refractivity contribution >= 4 is 17.3 Å². The van der Waals surface area contributed by atoms with Crippen molar-refractivity contribution < 1.29 is 0 Å². The second-order valence-electron chi connectivity index (χ2n) is 4.90. The van der Waals surface area contributed by atoms with Crippen molar-refractivity contribution in [3.8, 4) is 0 Å². The number of nitrogens with one attached hydrogen (secondary N) is 2. The summed E-state index contributed by atoms with van der Waals surface area (Å²) < 4.78 is 0. The van der Waals surface area contributed by atoms with Crippen molar-refractivity contribution in [2.75, 3.05) is 39.3 Å². The number of rotatable bonds is 10. The molecule has 0 bridgehead atoms. The highest BCUT2D eigenvalue weighted by atomic mass is 32.1. The van der Waals surface area contributed by atoms with Crippen molar-refractivity contribution in [2.45, 2.75) is 33.6 Å². The maximum atomic E-state index is 4.64. The van der Waals surface area contributed by atoms with Crippen LogP contribution in [0, 0.1) is 0 Å². The summed E-state index contributed by atoms with van der Waals surface area (Å²) in [5.41, 5.74) is 0.